The predicted octanol–water partition coefficient (Wildman–Crippen LogP) is 3.38. The summed E-state index contributed by atoms with van der Waals surface area (Å²) in [5.41, 5.74) is 4.93. The smallest absolute Gasteiger partial charge is 0.305 e. The molecular weight excluding hydrogens is 332 g/mol. The van der Waals surface area contributed by atoms with Gasteiger partial charge in [-0.2, -0.15) is 0 Å². The van der Waals surface area contributed by atoms with Crippen molar-refractivity contribution in [1.29, 1.82) is 0 Å². The summed E-state index contributed by atoms with van der Waals surface area (Å²) in [5.74, 6) is 0.1000. The molecule has 0 fully saturated rings. The maximum absolute atomic E-state index is 12.4. The molecule has 0 aromatic rings. The van der Waals surface area contributed by atoms with Gasteiger partial charge < -0.3 is 20.5 Å². The molecule has 0 saturated heterocycles. The van der Waals surface area contributed by atoms with Crippen molar-refractivity contribution < 1.29 is 19.1 Å². The molecular formula is C20H40N2O4. The lowest BCUT2D eigenvalue weighted by Crippen LogP contribution is -2.45. The quantitative estimate of drug-likeness (QED) is 0.382. The summed E-state index contributed by atoms with van der Waals surface area (Å²) in [6, 6.07) is 0.107. The number of rotatable bonds is 13. The number of carbonyl (C=O) groups excluding carboxylic acids is 2. The van der Waals surface area contributed by atoms with E-state index in [0.717, 1.165) is 6.42 Å². The summed E-state index contributed by atoms with van der Waals surface area (Å²) < 4.78 is 11.1. The van der Waals surface area contributed by atoms with Crippen LogP contribution in [0.5, 0.6) is 0 Å². The molecule has 0 saturated carbocycles. The summed E-state index contributed by atoms with van der Waals surface area (Å²) >= 11 is 0. The van der Waals surface area contributed by atoms with Crippen molar-refractivity contribution in [2.75, 3.05) is 13.2 Å². The monoisotopic (exact) mass is 372 g/mol. The number of amides is 1. The average Bonchev–Trinajstić information content (AvgIpc) is 2.57. The normalized spacial score (nSPS) is 16.2. The Hall–Kier alpha value is -1.14. The Bertz CT molecular complexity index is 440. The Balaban J connectivity index is 4.52. The van der Waals surface area contributed by atoms with Crippen molar-refractivity contribution in [1.82, 2.24) is 5.32 Å². The van der Waals surface area contributed by atoms with Gasteiger partial charge in [0.15, 0.2) is 0 Å². The van der Waals surface area contributed by atoms with E-state index in [1.54, 1.807) is 0 Å². The molecule has 0 rings (SSSR count). The fourth-order valence-corrected chi connectivity index (χ4v) is 2.36. The number of hydrogen-bond acceptors (Lipinski definition) is 5. The predicted molar refractivity (Wildman–Crippen MR) is 104 cm³/mol. The fourth-order valence-electron chi connectivity index (χ4n) is 2.36. The molecule has 0 spiro atoms. The van der Waals surface area contributed by atoms with Crippen molar-refractivity contribution in [3.8, 4) is 0 Å². The van der Waals surface area contributed by atoms with Gasteiger partial charge in [-0.25, -0.2) is 0 Å². The van der Waals surface area contributed by atoms with Crippen molar-refractivity contribution in [2.24, 2.45) is 17.1 Å². The van der Waals surface area contributed by atoms with Crippen LogP contribution in [-0.4, -0.2) is 36.9 Å². The van der Waals surface area contributed by atoms with E-state index in [-0.39, 0.29) is 24.3 Å². The van der Waals surface area contributed by atoms with Crippen LogP contribution in [0.4, 0.5) is 0 Å². The van der Waals surface area contributed by atoms with Crippen molar-refractivity contribution >= 4 is 11.9 Å². The summed E-state index contributed by atoms with van der Waals surface area (Å²) in [4.78, 5) is 24.2. The highest BCUT2D eigenvalue weighted by Gasteiger charge is 2.33. The number of ether oxygens (including phenoxy) is 2. The van der Waals surface area contributed by atoms with Crippen LogP contribution in [0, 0.1) is 11.3 Å². The largest absolute Gasteiger partial charge is 0.465 e. The first kappa shape index (κ1) is 24.9. The molecule has 0 radical (unpaired) electrons. The third kappa shape index (κ3) is 9.53. The minimum absolute atomic E-state index is 0.0370. The van der Waals surface area contributed by atoms with E-state index in [1.165, 1.54) is 0 Å². The number of hydrogen-bond donors (Lipinski definition) is 2. The topological polar surface area (TPSA) is 90.7 Å². The Labute approximate surface area is 159 Å². The van der Waals surface area contributed by atoms with Gasteiger partial charge in [-0.3, -0.25) is 9.59 Å². The second kappa shape index (κ2) is 11.5. The van der Waals surface area contributed by atoms with Crippen LogP contribution < -0.4 is 11.1 Å². The first-order chi connectivity index (χ1) is 12.0. The molecule has 6 nitrogen and oxygen atoms in total. The fraction of sp³-hybridized carbons (Fsp3) is 0.900. The zero-order valence-electron chi connectivity index (χ0n) is 17.8. The van der Waals surface area contributed by atoms with Crippen LogP contribution in [-0.2, 0) is 19.1 Å². The highest BCUT2D eigenvalue weighted by Crippen LogP contribution is 2.28. The molecule has 6 heteroatoms. The maximum Gasteiger partial charge on any atom is 0.305 e. The van der Waals surface area contributed by atoms with Crippen LogP contribution in [0.25, 0.3) is 0 Å². The van der Waals surface area contributed by atoms with Crippen LogP contribution in [0.1, 0.15) is 80.6 Å². The third-order valence-corrected chi connectivity index (χ3v) is 4.72. The Morgan fingerprint density at radius 1 is 1.08 bits per heavy atom. The standard InChI is InChI=1S/C20H40N2O4/c1-8-19(7,18(24)22-16(5)6)12-13-26-20(21,9-2)11-10-17(23)25-14-15(3)4/h15-16H,8-14,21H2,1-7H3,(H,22,24)/t19-,20?/m1/s1. The minimum Gasteiger partial charge on any atom is -0.465 e. The molecule has 1 unspecified atom stereocenters. The van der Waals surface area contributed by atoms with E-state index in [9.17, 15) is 9.59 Å². The molecule has 0 aliphatic carbocycles. The second-order valence-corrected chi connectivity index (χ2v) is 8.14. The molecule has 0 bridgehead atoms. The molecule has 1 amide bonds. The number of nitrogens with two attached hydrogens (primary N) is 1. The van der Waals surface area contributed by atoms with Gasteiger partial charge in [0.05, 0.1) is 6.61 Å². The average molecular weight is 373 g/mol. The van der Waals surface area contributed by atoms with E-state index < -0.39 is 11.1 Å². The molecule has 0 aliphatic rings. The summed E-state index contributed by atoms with van der Waals surface area (Å²) in [6.45, 7) is 14.6. The first-order valence-electron chi connectivity index (χ1n) is 9.87. The van der Waals surface area contributed by atoms with E-state index in [0.29, 0.717) is 38.4 Å². The van der Waals surface area contributed by atoms with Crippen LogP contribution in [0.15, 0.2) is 0 Å². The van der Waals surface area contributed by atoms with Gasteiger partial charge in [0.2, 0.25) is 5.91 Å². The van der Waals surface area contributed by atoms with Crippen molar-refractivity contribution in [3.63, 3.8) is 0 Å². The van der Waals surface area contributed by atoms with E-state index in [2.05, 4.69) is 5.32 Å². The second-order valence-electron chi connectivity index (χ2n) is 8.14. The SMILES string of the molecule is CCC(N)(CCC(=O)OCC(C)C)OCC[C@@](C)(CC)C(=O)NC(C)C. The van der Waals surface area contributed by atoms with Gasteiger partial charge in [0, 0.05) is 30.9 Å². The van der Waals surface area contributed by atoms with Crippen molar-refractivity contribution in [2.45, 2.75) is 92.3 Å². The summed E-state index contributed by atoms with van der Waals surface area (Å²) in [6.07, 6.45) is 2.53. The van der Waals surface area contributed by atoms with E-state index in [4.69, 9.17) is 15.2 Å². The Kier molecular flexibility index (Phi) is 11.0. The van der Waals surface area contributed by atoms with Crippen LogP contribution in [0.3, 0.4) is 0 Å². The van der Waals surface area contributed by atoms with Gasteiger partial charge in [-0.15, -0.1) is 0 Å². The molecule has 26 heavy (non-hydrogen) atoms. The Morgan fingerprint density at radius 3 is 2.15 bits per heavy atom. The molecule has 154 valence electrons. The zero-order valence-corrected chi connectivity index (χ0v) is 17.8. The Morgan fingerprint density at radius 2 is 1.69 bits per heavy atom. The summed E-state index contributed by atoms with van der Waals surface area (Å²) in [5, 5.41) is 2.97. The highest BCUT2D eigenvalue weighted by atomic mass is 16.5. The molecule has 0 aromatic heterocycles. The van der Waals surface area contributed by atoms with E-state index >= 15 is 0 Å². The van der Waals surface area contributed by atoms with E-state index in [1.807, 2.05) is 48.5 Å². The van der Waals surface area contributed by atoms with Gasteiger partial charge >= 0.3 is 5.97 Å². The number of carbonyl (C=O) groups is 2. The molecule has 2 atom stereocenters. The molecule has 3 N–H and O–H groups in total. The highest BCUT2D eigenvalue weighted by molar-refractivity contribution is 5.82. The van der Waals surface area contributed by atoms with Crippen LogP contribution in [0.2, 0.25) is 0 Å². The first-order valence-corrected chi connectivity index (χ1v) is 9.87. The maximum atomic E-state index is 12.4. The van der Waals surface area contributed by atoms with Gasteiger partial charge in [-0.05, 0) is 39.0 Å². The molecule has 0 aromatic carbocycles. The molecule has 0 heterocycles. The summed E-state index contributed by atoms with van der Waals surface area (Å²) in [7, 11) is 0. The van der Waals surface area contributed by atoms with Gasteiger partial charge in [0.25, 0.3) is 0 Å². The zero-order chi connectivity index (χ0) is 20.4. The van der Waals surface area contributed by atoms with Gasteiger partial charge in [0.1, 0.15) is 5.72 Å². The molecule has 0 aliphatic heterocycles. The van der Waals surface area contributed by atoms with Crippen LogP contribution >= 0.6 is 0 Å². The lowest BCUT2D eigenvalue weighted by molar-refractivity contribution is -0.147. The lowest BCUT2D eigenvalue weighted by Gasteiger charge is -2.32. The number of nitrogens with one attached hydrogen (secondary N) is 1. The number of esters is 1. The van der Waals surface area contributed by atoms with Gasteiger partial charge in [-0.1, -0.05) is 34.6 Å². The minimum atomic E-state index is -0.875. The van der Waals surface area contributed by atoms with Crippen molar-refractivity contribution in [3.05, 3.63) is 0 Å². The lowest BCUT2D eigenvalue weighted by atomic mass is 9.83. The third-order valence-electron chi connectivity index (χ3n) is 4.72.